The number of hydrogen-bond acceptors (Lipinski definition) is 6. The largest absolute Gasteiger partial charge is 0.495 e. The number of carbonyl (C=O) groups excluding carboxylic acids is 2. The number of anilines is 1. The molecule has 3 aromatic carbocycles. The number of carbonyl (C=O) groups is 2. The van der Waals surface area contributed by atoms with Crippen LogP contribution in [0.2, 0.25) is 0 Å². The summed E-state index contributed by atoms with van der Waals surface area (Å²) in [6.45, 7) is 1.27. The Balaban J connectivity index is 1.39. The molecule has 0 saturated carbocycles. The molecule has 2 amide bonds. The monoisotopic (exact) mass is 577 g/mol. The first-order chi connectivity index (χ1) is 19.9. The number of hydrogen-bond donors (Lipinski definition) is 1. The average Bonchev–Trinajstić information content (AvgIpc) is 3.31. The second-order valence-corrected chi connectivity index (χ2v) is 12.1. The number of nitrogens with zero attached hydrogens (tertiary/aromatic N) is 2. The van der Waals surface area contributed by atoms with Crippen molar-refractivity contribution in [2.75, 3.05) is 38.2 Å². The molecule has 0 unspecified atom stereocenters. The number of amides is 2. The summed E-state index contributed by atoms with van der Waals surface area (Å²) in [7, 11) is -2.47. The summed E-state index contributed by atoms with van der Waals surface area (Å²) < 4.78 is 40.2. The minimum atomic E-state index is -3.88. The van der Waals surface area contributed by atoms with Gasteiger partial charge in [0.05, 0.1) is 19.3 Å². The molecule has 2 aliphatic rings. The Morgan fingerprint density at radius 2 is 1.66 bits per heavy atom. The van der Waals surface area contributed by atoms with Crippen LogP contribution in [-0.2, 0) is 21.2 Å². The zero-order valence-corrected chi connectivity index (χ0v) is 23.9. The highest BCUT2D eigenvalue weighted by molar-refractivity contribution is 7.89. The lowest BCUT2D eigenvalue weighted by atomic mass is 10.1. The van der Waals surface area contributed by atoms with Crippen molar-refractivity contribution < 1.29 is 27.5 Å². The van der Waals surface area contributed by atoms with Crippen LogP contribution in [0.4, 0.5) is 5.69 Å². The molecular formula is C31H35N3O6S. The first-order valence-corrected chi connectivity index (χ1v) is 15.4. The maximum Gasteiger partial charge on any atom is 0.262 e. The molecule has 5 rings (SSSR count). The molecule has 1 N–H and O–H groups in total. The van der Waals surface area contributed by atoms with Crippen LogP contribution >= 0.6 is 0 Å². The number of rotatable bonds is 8. The van der Waals surface area contributed by atoms with Crippen molar-refractivity contribution in [3.05, 3.63) is 83.9 Å². The predicted molar refractivity (Wildman–Crippen MR) is 156 cm³/mol. The van der Waals surface area contributed by atoms with Gasteiger partial charge in [0, 0.05) is 25.2 Å². The number of methoxy groups -OCH3 is 1. The van der Waals surface area contributed by atoms with Crippen molar-refractivity contribution >= 4 is 27.5 Å². The molecule has 41 heavy (non-hydrogen) atoms. The third-order valence-electron chi connectivity index (χ3n) is 7.46. The van der Waals surface area contributed by atoms with Crippen molar-refractivity contribution in [1.29, 1.82) is 0 Å². The highest BCUT2D eigenvalue weighted by Gasteiger charge is 2.35. The molecule has 0 bridgehead atoms. The molecule has 216 valence electrons. The van der Waals surface area contributed by atoms with Gasteiger partial charge in [0.2, 0.25) is 10.0 Å². The van der Waals surface area contributed by atoms with Gasteiger partial charge in [-0.25, -0.2) is 8.42 Å². The lowest BCUT2D eigenvalue weighted by molar-refractivity contribution is -0.127. The Hall–Kier alpha value is -3.89. The molecule has 1 atom stereocenters. The van der Waals surface area contributed by atoms with Gasteiger partial charge < -0.3 is 19.7 Å². The summed E-state index contributed by atoms with van der Waals surface area (Å²) in [4.78, 5) is 28.5. The molecule has 3 aromatic rings. The molecule has 2 heterocycles. The van der Waals surface area contributed by atoms with Crippen molar-refractivity contribution in [2.45, 2.75) is 43.1 Å². The van der Waals surface area contributed by atoms with Gasteiger partial charge in [-0.15, -0.1) is 0 Å². The fourth-order valence-corrected chi connectivity index (χ4v) is 6.94. The number of fused-ring (bicyclic) bond motifs is 1. The van der Waals surface area contributed by atoms with E-state index in [2.05, 4.69) is 5.32 Å². The number of sulfonamides is 1. The van der Waals surface area contributed by atoms with E-state index in [-0.39, 0.29) is 28.7 Å². The van der Waals surface area contributed by atoms with Crippen LogP contribution in [0, 0.1) is 0 Å². The van der Waals surface area contributed by atoms with Gasteiger partial charge >= 0.3 is 0 Å². The van der Waals surface area contributed by atoms with Crippen LogP contribution in [-0.4, -0.2) is 63.9 Å². The number of para-hydroxylation sites is 2. The summed E-state index contributed by atoms with van der Waals surface area (Å²) >= 11 is 0. The van der Waals surface area contributed by atoms with Gasteiger partial charge in [0.15, 0.2) is 6.10 Å². The van der Waals surface area contributed by atoms with E-state index in [1.54, 1.807) is 30.3 Å². The third kappa shape index (κ3) is 6.39. The van der Waals surface area contributed by atoms with Crippen LogP contribution in [0.25, 0.3) is 0 Å². The van der Waals surface area contributed by atoms with Crippen LogP contribution in [0.5, 0.6) is 11.5 Å². The molecule has 0 aliphatic carbocycles. The van der Waals surface area contributed by atoms with E-state index in [0.717, 1.165) is 31.2 Å². The van der Waals surface area contributed by atoms with Crippen molar-refractivity contribution in [3.8, 4) is 11.5 Å². The first-order valence-electron chi connectivity index (χ1n) is 14.0. The Bertz CT molecular complexity index is 1490. The fourth-order valence-electron chi connectivity index (χ4n) is 5.24. The Kier molecular flexibility index (Phi) is 8.90. The highest BCUT2D eigenvalue weighted by Crippen LogP contribution is 2.35. The quantitative estimate of drug-likeness (QED) is 0.434. The standard InChI is InChI=1S/C31H35N3O6S/c1-39-27-16-15-24(21-29(27)41(37,38)33-19-9-2-3-10-20-33)31(36)34-22-28(40-26-14-8-7-13-25(26)34)30(35)32-18-17-23-11-5-4-6-12-23/h4-8,11-16,21,28H,2-3,9-10,17-20,22H2,1H3,(H,32,35)/t28-/m1/s1. The molecule has 2 aliphatic heterocycles. The molecule has 0 aromatic heterocycles. The SMILES string of the molecule is COc1ccc(C(=O)N2C[C@H](C(=O)NCCc3ccccc3)Oc3ccccc32)cc1S(=O)(=O)N1CCCCCC1. The summed E-state index contributed by atoms with van der Waals surface area (Å²) in [5.74, 6) is -0.171. The van der Waals surface area contributed by atoms with Gasteiger partial charge in [-0.05, 0) is 55.2 Å². The van der Waals surface area contributed by atoms with Crippen LogP contribution in [0.3, 0.4) is 0 Å². The Labute approximate surface area is 241 Å². The number of benzene rings is 3. The summed E-state index contributed by atoms with van der Waals surface area (Å²) in [5.41, 5.74) is 1.79. The van der Waals surface area contributed by atoms with E-state index >= 15 is 0 Å². The van der Waals surface area contributed by atoms with Crippen LogP contribution in [0.1, 0.15) is 41.6 Å². The second-order valence-electron chi connectivity index (χ2n) is 10.2. The molecule has 10 heteroatoms. The summed E-state index contributed by atoms with van der Waals surface area (Å²) in [5, 5.41) is 2.91. The van der Waals surface area contributed by atoms with E-state index in [9.17, 15) is 18.0 Å². The predicted octanol–water partition coefficient (Wildman–Crippen LogP) is 4.03. The van der Waals surface area contributed by atoms with Crippen LogP contribution < -0.4 is 19.7 Å². The first kappa shape index (κ1) is 28.6. The van der Waals surface area contributed by atoms with Gasteiger partial charge in [-0.2, -0.15) is 4.31 Å². The second kappa shape index (κ2) is 12.7. The van der Waals surface area contributed by atoms with E-state index < -0.39 is 22.0 Å². The van der Waals surface area contributed by atoms with E-state index in [0.29, 0.717) is 37.5 Å². The summed E-state index contributed by atoms with van der Waals surface area (Å²) in [6.07, 6.45) is 3.29. The van der Waals surface area contributed by atoms with Crippen molar-refractivity contribution in [3.63, 3.8) is 0 Å². The zero-order valence-electron chi connectivity index (χ0n) is 23.1. The van der Waals surface area contributed by atoms with Gasteiger partial charge in [0.25, 0.3) is 11.8 Å². The van der Waals surface area contributed by atoms with E-state index in [4.69, 9.17) is 9.47 Å². The molecule has 1 saturated heterocycles. The topological polar surface area (TPSA) is 105 Å². The minimum Gasteiger partial charge on any atom is -0.495 e. The van der Waals surface area contributed by atoms with E-state index in [1.165, 1.54) is 28.4 Å². The van der Waals surface area contributed by atoms with Crippen molar-refractivity contribution in [2.24, 2.45) is 0 Å². The molecule has 0 radical (unpaired) electrons. The smallest absolute Gasteiger partial charge is 0.262 e. The van der Waals surface area contributed by atoms with Gasteiger partial charge in [-0.3, -0.25) is 9.59 Å². The Morgan fingerprint density at radius 1 is 0.951 bits per heavy atom. The molecule has 1 fully saturated rings. The number of nitrogens with one attached hydrogen (secondary N) is 1. The highest BCUT2D eigenvalue weighted by atomic mass is 32.2. The lowest BCUT2D eigenvalue weighted by Gasteiger charge is -2.34. The molecule has 9 nitrogen and oxygen atoms in total. The maximum absolute atomic E-state index is 13.9. The van der Waals surface area contributed by atoms with Gasteiger partial charge in [-0.1, -0.05) is 55.3 Å². The molecule has 0 spiro atoms. The maximum atomic E-state index is 13.9. The van der Waals surface area contributed by atoms with E-state index in [1.807, 2.05) is 30.3 Å². The molecular weight excluding hydrogens is 542 g/mol. The van der Waals surface area contributed by atoms with Crippen molar-refractivity contribution in [1.82, 2.24) is 9.62 Å². The van der Waals surface area contributed by atoms with Crippen LogP contribution in [0.15, 0.2) is 77.7 Å². The minimum absolute atomic E-state index is 0.0206. The fraction of sp³-hybridized carbons (Fsp3) is 0.355. The average molecular weight is 578 g/mol. The normalized spacial score (nSPS) is 17.6. The Morgan fingerprint density at radius 3 is 2.39 bits per heavy atom. The lowest BCUT2D eigenvalue weighted by Crippen LogP contribution is -2.51. The van der Waals surface area contributed by atoms with Gasteiger partial charge in [0.1, 0.15) is 16.4 Å². The summed E-state index contributed by atoms with van der Waals surface area (Å²) in [6, 6.07) is 21.3. The third-order valence-corrected chi connectivity index (χ3v) is 9.38. The zero-order chi connectivity index (χ0) is 28.8. The number of ether oxygens (including phenoxy) is 2.